The maximum absolute atomic E-state index is 11.8. The van der Waals surface area contributed by atoms with Gasteiger partial charge in [-0.15, -0.1) is 0 Å². The SMILES string of the molecule is O=C(NCCc1ccccc1Br)NC1CCCCC1. The molecule has 1 aliphatic rings. The van der Waals surface area contributed by atoms with E-state index in [1.807, 2.05) is 18.2 Å². The van der Waals surface area contributed by atoms with Crippen molar-refractivity contribution in [3.63, 3.8) is 0 Å². The second-order valence-corrected chi connectivity index (χ2v) is 5.93. The topological polar surface area (TPSA) is 41.1 Å². The summed E-state index contributed by atoms with van der Waals surface area (Å²) in [7, 11) is 0. The normalized spacial score (nSPS) is 16.1. The van der Waals surface area contributed by atoms with Gasteiger partial charge in [-0.2, -0.15) is 0 Å². The van der Waals surface area contributed by atoms with Gasteiger partial charge in [0, 0.05) is 17.1 Å². The van der Waals surface area contributed by atoms with Crippen molar-refractivity contribution in [3.8, 4) is 0 Å². The predicted octanol–water partition coefficient (Wildman–Crippen LogP) is 3.62. The van der Waals surface area contributed by atoms with Crippen molar-refractivity contribution in [1.29, 1.82) is 0 Å². The number of urea groups is 1. The van der Waals surface area contributed by atoms with Crippen LogP contribution in [0.1, 0.15) is 37.7 Å². The lowest BCUT2D eigenvalue weighted by atomic mass is 9.96. The van der Waals surface area contributed by atoms with Crippen molar-refractivity contribution in [2.45, 2.75) is 44.6 Å². The highest BCUT2D eigenvalue weighted by atomic mass is 79.9. The first-order valence-corrected chi connectivity index (χ1v) is 7.83. The van der Waals surface area contributed by atoms with Crippen LogP contribution in [0.25, 0.3) is 0 Å². The summed E-state index contributed by atoms with van der Waals surface area (Å²) in [4.78, 5) is 11.8. The van der Waals surface area contributed by atoms with Crippen LogP contribution < -0.4 is 10.6 Å². The molecule has 19 heavy (non-hydrogen) atoms. The molecule has 1 aliphatic carbocycles. The number of rotatable bonds is 4. The molecule has 0 radical (unpaired) electrons. The van der Waals surface area contributed by atoms with Crippen LogP contribution in [-0.2, 0) is 6.42 Å². The molecular weight excluding hydrogens is 304 g/mol. The Morgan fingerprint density at radius 1 is 1.21 bits per heavy atom. The van der Waals surface area contributed by atoms with Crippen LogP contribution in [0.5, 0.6) is 0 Å². The predicted molar refractivity (Wildman–Crippen MR) is 81.3 cm³/mol. The van der Waals surface area contributed by atoms with Crippen molar-refractivity contribution in [2.24, 2.45) is 0 Å². The van der Waals surface area contributed by atoms with Gasteiger partial charge in [-0.25, -0.2) is 4.79 Å². The number of hydrogen-bond donors (Lipinski definition) is 2. The van der Waals surface area contributed by atoms with Crippen molar-refractivity contribution in [2.75, 3.05) is 6.54 Å². The molecule has 0 atom stereocenters. The molecule has 104 valence electrons. The van der Waals surface area contributed by atoms with Crippen LogP contribution in [0, 0.1) is 0 Å². The Balaban J connectivity index is 1.67. The van der Waals surface area contributed by atoms with Crippen LogP contribution in [-0.4, -0.2) is 18.6 Å². The third kappa shape index (κ3) is 4.86. The summed E-state index contributed by atoms with van der Waals surface area (Å²) in [5.41, 5.74) is 1.22. The Bertz CT molecular complexity index is 416. The smallest absolute Gasteiger partial charge is 0.315 e. The highest BCUT2D eigenvalue weighted by molar-refractivity contribution is 9.10. The zero-order chi connectivity index (χ0) is 13.5. The summed E-state index contributed by atoms with van der Waals surface area (Å²) in [5, 5.41) is 5.99. The average molecular weight is 325 g/mol. The van der Waals surface area contributed by atoms with Crippen molar-refractivity contribution < 1.29 is 4.79 Å². The van der Waals surface area contributed by atoms with Gasteiger partial charge in [-0.1, -0.05) is 53.4 Å². The molecule has 2 N–H and O–H groups in total. The van der Waals surface area contributed by atoms with Crippen LogP contribution >= 0.6 is 15.9 Å². The molecule has 0 spiro atoms. The summed E-state index contributed by atoms with van der Waals surface area (Å²) in [5.74, 6) is 0. The van der Waals surface area contributed by atoms with Gasteiger partial charge in [-0.3, -0.25) is 0 Å². The van der Waals surface area contributed by atoms with Crippen molar-refractivity contribution in [1.82, 2.24) is 10.6 Å². The van der Waals surface area contributed by atoms with E-state index in [1.165, 1.54) is 24.8 Å². The van der Waals surface area contributed by atoms with E-state index >= 15 is 0 Å². The van der Waals surface area contributed by atoms with E-state index in [2.05, 4.69) is 32.6 Å². The molecule has 0 bridgehead atoms. The molecule has 0 unspecified atom stereocenters. The average Bonchev–Trinajstić information content (AvgIpc) is 2.42. The van der Waals surface area contributed by atoms with E-state index < -0.39 is 0 Å². The third-order valence-corrected chi connectivity index (χ3v) is 4.35. The molecule has 1 saturated carbocycles. The largest absolute Gasteiger partial charge is 0.338 e. The number of carbonyl (C=O) groups is 1. The lowest BCUT2D eigenvalue weighted by molar-refractivity contribution is 0.233. The Kier molecular flexibility index (Phi) is 5.70. The monoisotopic (exact) mass is 324 g/mol. The molecule has 3 nitrogen and oxygen atoms in total. The lowest BCUT2D eigenvalue weighted by Crippen LogP contribution is -2.43. The maximum Gasteiger partial charge on any atom is 0.315 e. The van der Waals surface area contributed by atoms with Gasteiger partial charge in [0.05, 0.1) is 0 Å². The minimum absolute atomic E-state index is 0.0287. The summed E-state index contributed by atoms with van der Waals surface area (Å²) >= 11 is 3.51. The minimum atomic E-state index is -0.0287. The minimum Gasteiger partial charge on any atom is -0.338 e. The molecule has 4 heteroatoms. The van der Waals surface area contributed by atoms with Crippen molar-refractivity contribution in [3.05, 3.63) is 34.3 Å². The Morgan fingerprint density at radius 2 is 1.95 bits per heavy atom. The number of nitrogens with one attached hydrogen (secondary N) is 2. The zero-order valence-electron chi connectivity index (χ0n) is 11.1. The van der Waals surface area contributed by atoms with E-state index in [0.29, 0.717) is 12.6 Å². The molecular formula is C15H21BrN2O. The molecule has 1 fully saturated rings. The Labute approximate surface area is 123 Å². The fraction of sp³-hybridized carbons (Fsp3) is 0.533. The first-order chi connectivity index (χ1) is 9.25. The number of hydrogen-bond acceptors (Lipinski definition) is 1. The number of carbonyl (C=O) groups excluding carboxylic acids is 1. The second-order valence-electron chi connectivity index (χ2n) is 5.08. The first kappa shape index (κ1) is 14.4. The van der Waals surface area contributed by atoms with Gasteiger partial charge < -0.3 is 10.6 Å². The van der Waals surface area contributed by atoms with E-state index in [1.54, 1.807) is 0 Å². The van der Waals surface area contributed by atoms with Crippen LogP contribution in [0.4, 0.5) is 4.79 Å². The zero-order valence-corrected chi connectivity index (χ0v) is 12.7. The van der Waals surface area contributed by atoms with Crippen LogP contribution in [0.3, 0.4) is 0 Å². The van der Waals surface area contributed by atoms with Gasteiger partial charge in [-0.05, 0) is 30.9 Å². The molecule has 2 amide bonds. The summed E-state index contributed by atoms with van der Waals surface area (Å²) in [6, 6.07) is 8.46. The number of halogens is 1. The highest BCUT2D eigenvalue weighted by Crippen LogP contribution is 2.17. The molecule has 0 saturated heterocycles. The van der Waals surface area contributed by atoms with E-state index in [9.17, 15) is 4.79 Å². The molecule has 0 aliphatic heterocycles. The summed E-state index contributed by atoms with van der Waals surface area (Å²) in [6.07, 6.45) is 6.88. The standard InChI is InChI=1S/C15H21BrN2O/c16-14-9-5-4-6-12(14)10-11-17-15(19)18-13-7-2-1-3-8-13/h4-6,9,13H,1-3,7-8,10-11H2,(H2,17,18,19). The first-order valence-electron chi connectivity index (χ1n) is 7.03. The van der Waals surface area contributed by atoms with Gasteiger partial charge in [0.15, 0.2) is 0 Å². The molecule has 1 aromatic rings. The molecule has 0 aromatic heterocycles. The van der Waals surface area contributed by atoms with E-state index in [4.69, 9.17) is 0 Å². The molecule has 0 heterocycles. The summed E-state index contributed by atoms with van der Waals surface area (Å²) < 4.78 is 1.10. The van der Waals surface area contributed by atoms with E-state index in [0.717, 1.165) is 23.7 Å². The van der Waals surface area contributed by atoms with Gasteiger partial charge in [0.1, 0.15) is 0 Å². The molecule has 1 aromatic carbocycles. The fourth-order valence-electron chi connectivity index (χ4n) is 2.50. The van der Waals surface area contributed by atoms with E-state index in [-0.39, 0.29) is 6.03 Å². The maximum atomic E-state index is 11.8. The van der Waals surface area contributed by atoms with Crippen LogP contribution in [0.2, 0.25) is 0 Å². The Hall–Kier alpha value is -1.03. The highest BCUT2D eigenvalue weighted by Gasteiger charge is 2.15. The summed E-state index contributed by atoms with van der Waals surface area (Å²) in [6.45, 7) is 0.668. The Morgan fingerprint density at radius 3 is 2.68 bits per heavy atom. The van der Waals surface area contributed by atoms with Gasteiger partial charge in [0.25, 0.3) is 0 Å². The third-order valence-electron chi connectivity index (χ3n) is 3.58. The second kappa shape index (κ2) is 7.53. The lowest BCUT2D eigenvalue weighted by Gasteiger charge is -2.22. The van der Waals surface area contributed by atoms with Crippen LogP contribution in [0.15, 0.2) is 28.7 Å². The van der Waals surface area contributed by atoms with Gasteiger partial charge in [0.2, 0.25) is 0 Å². The molecule has 2 rings (SSSR count). The van der Waals surface area contributed by atoms with Crippen molar-refractivity contribution >= 4 is 22.0 Å². The number of benzene rings is 1. The number of amides is 2. The fourth-order valence-corrected chi connectivity index (χ4v) is 2.98. The van der Waals surface area contributed by atoms with Gasteiger partial charge >= 0.3 is 6.03 Å². The quantitative estimate of drug-likeness (QED) is 0.872.